The van der Waals surface area contributed by atoms with E-state index in [-0.39, 0.29) is 5.91 Å². The molecule has 1 aromatic rings. The van der Waals surface area contributed by atoms with Crippen molar-refractivity contribution >= 4 is 22.9 Å². The summed E-state index contributed by atoms with van der Waals surface area (Å²) in [6.07, 6.45) is 4.76. The van der Waals surface area contributed by atoms with Gasteiger partial charge >= 0.3 is 0 Å². The van der Waals surface area contributed by atoms with E-state index in [1.807, 2.05) is 6.92 Å². The number of hydrogen-bond acceptors (Lipinski definition) is 3. The van der Waals surface area contributed by atoms with Gasteiger partial charge in [0.2, 0.25) is 0 Å². The van der Waals surface area contributed by atoms with Gasteiger partial charge in [0.25, 0.3) is 5.91 Å². The number of nitrogens with two attached hydrogens (primary N) is 1. The zero-order valence-corrected chi connectivity index (χ0v) is 12.4. The normalized spacial score (nSPS) is 12.4. The molecule has 0 aliphatic heterocycles. The number of anilines is 1. The van der Waals surface area contributed by atoms with Crippen LogP contribution in [0.15, 0.2) is 6.07 Å². The van der Waals surface area contributed by atoms with Crippen molar-refractivity contribution in [3.8, 4) is 0 Å². The van der Waals surface area contributed by atoms with Gasteiger partial charge in [-0.2, -0.15) is 0 Å². The summed E-state index contributed by atoms with van der Waals surface area (Å²) in [7, 11) is 0. The maximum absolute atomic E-state index is 11.9. The molecular formula is C14H24N2OS. The molecule has 18 heavy (non-hydrogen) atoms. The standard InChI is InChI=1S/C14H24N2OS/c1-4-6-7-11(5-2)9-16-14(17)13-8-12(15)10(3)18-13/h8,11H,4-7,9,15H2,1-3H3,(H,16,17). The van der Waals surface area contributed by atoms with Gasteiger partial charge in [-0.1, -0.05) is 33.1 Å². The number of nitrogens with one attached hydrogen (secondary N) is 1. The van der Waals surface area contributed by atoms with Crippen LogP contribution in [0.5, 0.6) is 0 Å². The third kappa shape index (κ3) is 4.33. The number of hydrogen-bond donors (Lipinski definition) is 2. The SMILES string of the molecule is CCCCC(CC)CNC(=O)c1cc(N)c(C)s1. The molecule has 0 aliphatic carbocycles. The van der Waals surface area contributed by atoms with Crippen LogP contribution in [0.1, 0.15) is 54.1 Å². The molecule has 1 aromatic heterocycles. The molecular weight excluding hydrogens is 244 g/mol. The number of aryl methyl sites for hydroxylation is 1. The van der Waals surface area contributed by atoms with E-state index in [4.69, 9.17) is 5.73 Å². The van der Waals surface area contributed by atoms with Gasteiger partial charge in [0.15, 0.2) is 0 Å². The Labute approximate surface area is 114 Å². The number of carbonyl (C=O) groups is 1. The molecule has 0 bridgehead atoms. The van der Waals surface area contributed by atoms with Crippen molar-refractivity contribution in [2.75, 3.05) is 12.3 Å². The summed E-state index contributed by atoms with van der Waals surface area (Å²) in [6.45, 7) is 7.08. The Morgan fingerprint density at radius 3 is 2.72 bits per heavy atom. The molecule has 102 valence electrons. The van der Waals surface area contributed by atoms with Crippen LogP contribution in [0.25, 0.3) is 0 Å². The van der Waals surface area contributed by atoms with Gasteiger partial charge in [0.1, 0.15) is 0 Å². The fourth-order valence-corrected chi connectivity index (χ4v) is 2.73. The zero-order valence-electron chi connectivity index (χ0n) is 11.6. The van der Waals surface area contributed by atoms with Gasteiger partial charge in [-0.3, -0.25) is 4.79 Å². The first kappa shape index (κ1) is 15.0. The van der Waals surface area contributed by atoms with Crippen LogP contribution < -0.4 is 11.1 Å². The highest BCUT2D eigenvalue weighted by atomic mass is 32.1. The number of amides is 1. The molecule has 0 saturated carbocycles. The lowest BCUT2D eigenvalue weighted by molar-refractivity contribution is 0.0950. The summed E-state index contributed by atoms with van der Waals surface area (Å²) < 4.78 is 0. The summed E-state index contributed by atoms with van der Waals surface area (Å²) >= 11 is 1.46. The molecule has 3 nitrogen and oxygen atoms in total. The minimum atomic E-state index is 0.00903. The molecule has 0 radical (unpaired) electrons. The summed E-state index contributed by atoms with van der Waals surface area (Å²) in [5.41, 5.74) is 6.47. The molecule has 0 saturated heterocycles. The number of carbonyl (C=O) groups excluding carboxylic acids is 1. The van der Waals surface area contributed by atoms with Crippen LogP contribution in [0, 0.1) is 12.8 Å². The minimum Gasteiger partial charge on any atom is -0.398 e. The van der Waals surface area contributed by atoms with Crippen molar-refractivity contribution in [2.45, 2.75) is 46.5 Å². The lowest BCUT2D eigenvalue weighted by atomic mass is 9.99. The third-order valence-electron chi connectivity index (χ3n) is 3.27. The molecule has 1 rings (SSSR count). The summed E-state index contributed by atoms with van der Waals surface area (Å²) in [6, 6.07) is 1.77. The number of rotatable bonds is 7. The Hall–Kier alpha value is -1.03. The predicted octanol–water partition coefficient (Wildman–Crippen LogP) is 3.58. The van der Waals surface area contributed by atoms with Crippen molar-refractivity contribution < 1.29 is 4.79 Å². The maximum Gasteiger partial charge on any atom is 0.261 e. The van der Waals surface area contributed by atoms with Gasteiger partial charge < -0.3 is 11.1 Å². The van der Waals surface area contributed by atoms with Gasteiger partial charge in [0.05, 0.1) is 4.88 Å². The number of thiophene rings is 1. The molecule has 1 unspecified atom stereocenters. The van der Waals surface area contributed by atoms with Gasteiger partial charge in [-0.15, -0.1) is 11.3 Å². The first-order valence-corrected chi connectivity index (χ1v) is 7.54. The number of nitrogen functional groups attached to an aromatic ring is 1. The van der Waals surface area contributed by atoms with E-state index in [1.165, 1.54) is 30.6 Å². The second-order valence-corrected chi connectivity index (χ2v) is 6.01. The summed E-state index contributed by atoms with van der Waals surface area (Å²) in [5.74, 6) is 0.599. The first-order chi connectivity index (χ1) is 8.58. The first-order valence-electron chi connectivity index (χ1n) is 6.72. The van der Waals surface area contributed by atoms with Crippen LogP contribution in [0.3, 0.4) is 0 Å². The van der Waals surface area contributed by atoms with Crippen LogP contribution in [-0.4, -0.2) is 12.5 Å². The highest BCUT2D eigenvalue weighted by Gasteiger charge is 2.12. The summed E-state index contributed by atoms with van der Waals surface area (Å²) in [4.78, 5) is 13.7. The van der Waals surface area contributed by atoms with E-state index in [1.54, 1.807) is 6.07 Å². The monoisotopic (exact) mass is 268 g/mol. The quantitative estimate of drug-likeness (QED) is 0.794. The van der Waals surface area contributed by atoms with Crippen molar-refractivity contribution in [1.82, 2.24) is 5.32 Å². The molecule has 0 aromatic carbocycles. The second kappa shape index (κ2) is 7.41. The topological polar surface area (TPSA) is 55.1 Å². The van der Waals surface area contributed by atoms with E-state index in [0.29, 0.717) is 11.6 Å². The lowest BCUT2D eigenvalue weighted by Gasteiger charge is -2.14. The fourth-order valence-electron chi connectivity index (χ4n) is 1.88. The predicted molar refractivity (Wildman–Crippen MR) is 79.1 cm³/mol. The van der Waals surface area contributed by atoms with Gasteiger partial charge in [-0.05, 0) is 25.3 Å². The second-order valence-electron chi connectivity index (χ2n) is 4.75. The fraction of sp³-hybridized carbons (Fsp3) is 0.643. The molecule has 0 fully saturated rings. The van der Waals surface area contributed by atoms with E-state index >= 15 is 0 Å². The third-order valence-corrected chi connectivity index (χ3v) is 4.34. The Bertz CT molecular complexity index is 368. The van der Waals surface area contributed by atoms with Crippen molar-refractivity contribution in [1.29, 1.82) is 0 Å². The van der Waals surface area contributed by atoms with Crippen LogP contribution in [-0.2, 0) is 0 Å². The van der Waals surface area contributed by atoms with Gasteiger partial charge in [-0.25, -0.2) is 0 Å². The summed E-state index contributed by atoms with van der Waals surface area (Å²) in [5, 5.41) is 3.02. The highest BCUT2D eigenvalue weighted by Crippen LogP contribution is 2.23. The van der Waals surface area contributed by atoms with Crippen LogP contribution in [0.2, 0.25) is 0 Å². The van der Waals surface area contributed by atoms with Gasteiger partial charge in [0, 0.05) is 17.1 Å². The van der Waals surface area contributed by atoms with Crippen LogP contribution >= 0.6 is 11.3 Å². The molecule has 1 heterocycles. The molecule has 0 aliphatic rings. The lowest BCUT2D eigenvalue weighted by Crippen LogP contribution is -2.28. The molecule has 4 heteroatoms. The Morgan fingerprint density at radius 1 is 1.50 bits per heavy atom. The van der Waals surface area contributed by atoms with E-state index in [9.17, 15) is 4.79 Å². The average Bonchev–Trinajstić information content (AvgIpc) is 2.70. The molecule has 1 amide bonds. The Balaban J connectivity index is 2.44. The molecule has 3 N–H and O–H groups in total. The largest absolute Gasteiger partial charge is 0.398 e. The van der Waals surface area contributed by atoms with Crippen molar-refractivity contribution in [2.24, 2.45) is 5.92 Å². The Morgan fingerprint density at radius 2 is 2.22 bits per heavy atom. The zero-order chi connectivity index (χ0) is 13.5. The van der Waals surface area contributed by atoms with Crippen LogP contribution in [0.4, 0.5) is 5.69 Å². The van der Waals surface area contributed by atoms with Crippen molar-refractivity contribution in [3.05, 3.63) is 15.8 Å². The van der Waals surface area contributed by atoms with Crippen molar-refractivity contribution in [3.63, 3.8) is 0 Å². The van der Waals surface area contributed by atoms with E-state index in [0.717, 1.165) is 22.7 Å². The average molecular weight is 268 g/mol. The number of unbranched alkanes of at least 4 members (excludes halogenated alkanes) is 1. The molecule has 1 atom stereocenters. The maximum atomic E-state index is 11.9. The Kier molecular flexibility index (Phi) is 6.19. The minimum absolute atomic E-state index is 0.00903. The molecule has 0 spiro atoms. The highest BCUT2D eigenvalue weighted by molar-refractivity contribution is 7.14. The smallest absolute Gasteiger partial charge is 0.261 e. The van der Waals surface area contributed by atoms with E-state index < -0.39 is 0 Å². The van der Waals surface area contributed by atoms with E-state index in [2.05, 4.69) is 19.2 Å².